The topological polar surface area (TPSA) is 32.3 Å². The molecule has 0 saturated heterocycles. The molecule has 19 heavy (non-hydrogen) atoms. The van der Waals surface area contributed by atoms with Gasteiger partial charge in [0.1, 0.15) is 0 Å². The third kappa shape index (κ3) is 4.32. The minimum atomic E-state index is -0.336. The highest BCUT2D eigenvalue weighted by molar-refractivity contribution is 5.31. The minimum Gasteiger partial charge on any atom is -0.388 e. The average molecular weight is 261 g/mol. The fourth-order valence-electron chi connectivity index (χ4n) is 3.09. The van der Waals surface area contributed by atoms with Gasteiger partial charge in [0, 0.05) is 6.04 Å². The maximum atomic E-state index is 10.3. The summed E-state index contributed by atoms with van der Waals surface area (Å²) in [5.41, 5.74) is 3.54. The lowest BCUT2D eigenvalue weighted by atomic mass is 9.95. The lowest BCUT2D eigenvalue weighted by molar-refractivity contribution is 0.163. The summed E-state index contributed by atoms with van der Waals surface area (Å²) in [4.78, 5) is 0. The zero-order chi connectivity index (χ0) is 13.7. The first-order chi connectivity index (χ1) is 9.16. The predicted octanol–water partition coefficient (Wildman–Crippen LogP) is 3.65. The van der Waals surface area contributed by atoms with E-state index in [2.05, 4.69) is 37.4 Å². The number of hydrogen-bond donors (Lipinski definition) is 2. The maximum Gasteiger partial charge on any atom is 0.0804 e. The molecule has 2 nitrogen and oxygen atoms in total. The van der Waals surface area contributed by atoms with Gasteiger partial charge in [0.05, 0.1) is 6.10 Å². The number of rotatable bonds is 5. The van der Waals surface area contributed by atoms with E-state index >= 15 is 0 Å². The van der Waals surface area contributed by atoms with Crippen molar-refractivity contribution in [2.24, 2.45) is 0 Å². The van der Waals surface area contributed by atoms with Gasteiger partial charge in [-0.2, -0.15) is 0 Å². The molecule has 0 radical (unpaired) electrons. The predicted molar refractivity (Wildman–Crippen MR) is 80.4 cm³/mol. The van der Waals surface area contributed by atoms with Gasteiger partial charge in [-0.1, -0.05) is 43.0 Å². The van der Waals surface area contributed by atoms with E-state index in [-0.39, 0.29) is 6.10 Å². The first-order valence-electron chi connectivity index (χ1n) is 7.65. The molecule has 0 amide bonds. The van der Waals surface area contributed by atoms with Crippen molar-refractivity contribution in [1.29, 1.82) is 0 Å². The molecule has 0 aromatic heterocycles. The van der Waals surface area contributed by atoms with E-state index in [1.807, 2.05) is 0 Å². The zero-order valence-electron chi connectivity index (χ0n) is 12.3. The SMILES string of the molecule is Cc1ccc(C(O)CCNC2CCCCC2)c(C)c1. The molecule has 0 spiro atoms. The van der Waals surface area contributed by atoms with Crippen molar-refractivity contribution < 1.29 is 5.11 Å². The minimum absolute atomic E-state index is 0.336. The summed E-state index contributed by atoms with van der Waals surface area (Å²) < 4.78 is 0. The van der Waals surface area contributed by atoms with Gasteiger partial charge >= 0.3 is 0 Å². The van der Waals surface area contributed by atoms with Gasteiger partial charge < -0.3 is 10.4 Å². The van der Waals surface area contributed by atoms with Crippen molar-refractivity contribution in [2.45, 2.75) is 64.5 Å². The van der Waals surface area contributed by atoms with Crippen LogP contribution in [0.25, 0.3) is 0 Å². The van der Waals surface area contributed by atoms with E-state index in [1.54, 1.807) is 0 Å². The molecule has 2 rings (SSSR count). The van der Waals surface area contributed by atoms with Crippen LogP contribution < -0.4 is 5.32 Å². The first-order valence-corrected chi connectivity index (χ1v) is 7.65. The summed E-state index contributed by atoms with van der Waals surface area (Å²) in [6.07, 6.45) is 7.19. The van der Waals surface area contributed by atoms with Gasteiger partial charge in [-0.15, -0.1) is 0 Å². The molecule has 0 bridgehead atoms. The van der Waals surface area contributed by atoms with E-state index in [9.17, 15) is 5.11 Å². The van der Waals surface area contributed by atoms with Crippen molar-refractivity contribution >= 4 is 0 Å². The normalized spacial score (nSPS) is 18.5. The molecular formula is C17H27NO. The van der Waals surface area contributed by atoms with Crippen LogP contribution >= 0.6 is 0 Å². The molecule has 2 N–H and O–H groups in total. The highest BCUT2D eigenvalue weighted by Crippen LogP contribution is 2.22. The molecule has 106 valence electrons. The third-order valence-electron chi connectivity index (χ3n) is 4.24. The van der Waals surface area contributed by atoms with Crippen molar-refractivity contribution in [3.05, 3.63) is 34.9 Å². The monoisotopic (exact) mass is 261 g/mol. The molecule has 0 heterocycles. The Hall–Kier alpha value is -0.860. The zero-order valence-corrected chi connectivity index (χ0v) is 12.3. The summed E-state index contributed by atoms with van der Waals surface area (Å²) >= 11 is 0. The van der Waals surface area contributed by atoms with Gasteiger partial charge in [-0.25, -0.2) is 0 Å². The van der Waals surface area contributed by atoms with E-state index < -0.39 is 0 Å². The largest absolute Gasteiger partial charge is 0.388 e. The molecule has 1 fully saturated rings. The molecule has 1 aliphatic rings. The van der Waals surface area contributed by atoms with E-state index in [0.717, 1.165) is 18.5 Å². The Morgan fingerprint density at radius 2 is 1.95 bits per heavy atom. The maximum absolute atomic E-state index is 10.3. The highest BCUT2D eigenvalue weighted by atomic mass is 16.3. The fourth-order valence-corrected chi connectivity index (χ4v) is 3.09. The highest BCUT2D eigenvalue weighted by Gasteiger charge is 2.14. The van der Waals surface area contributed by atoms with Crippen LogP contribution in [0.4, 0.5) is 0 Å². The summed E-state index contributed by atoms with van der Waals surface area (Å²) in [6.45, 7) is 5.09. The van der Waals surface area contributed by atoms with Gasteiger partial charge in [0.2, 0.25) is 0 Å². The second-order valence-electron chi connectivity index (χ2n) is 5.95. The summed E-state index contributed by atoms with van der Waals surface area (Å²) in [6, 6.07) is 6.98. The van der Waals surface area contributed by atoms with Crippen LogP contribution in [-0.4, -0.2) is 17.7 Å². The van der Waals surface area contributed by atoms with Crippen LogP contribution in [0.2, 0.25) is 0 Å². The first kappa shape index (κ1) is 14.5. The molecule has 1 aromatic carbocycles. The van der Waals surface area contributed by atoms with Crippen LogP contribution in [0, 0.1) is 13.8 Å². The Kier molecular flexibility index (Phi) is 5.41. The van der Waals surface area contributed by atoms with E-state index in [1.165, 1.54) is 43.2 Å². The van der Waals surface area contributed by atoms with Crippen LogP contribution in [0.3, 0.4) is 0 Å². The Balaban J connectivity index is 1.78. The van der Waals surface area contributed by atoms with Crippen LogP contribution in [0.1, 0.15) is 61.3 Å². The smallest absolute Gasteiger partial charge is 0.0804 e. The summed E-state index contributed by atoms with van der Waals surface area (Å²) in [7, 11) is 0. The lowest BCUT2D eigenvalue weighted by Crippen LogP contribution is -2.32. The number of nitrogens with one attached hydrogen (secondary N) is 1. The second-order valence-corrected chi connectivity index (χ2v) is 5.95. The lowest BCUT2D eigenvalue weighted by Gasteiger charge is -2.23. The Morgan fingerprint density at radius 1 is 1.21 bits per heavy atom. The van der Waals surface area contributed by atoms with Crippen molar-refractivity contribution in [2.75, 3.05) is 6.54 Å². The van der Waals surface area contributed by atoms with Gasteiger partial charge in [-0.05, 0) is 50.8 Å². The number of benzene rings is 1. The second kappa shape index (κ2) is 7.06. The van der Waals surface area contributed by atoms with Gasteiger partial charge in [-0.3, -0.25) is 0 Å². The van der Waals surface area contributed by atoms with Crippen LogP contribution in [-0.2, 0) is 0 Å². The summed E-state index contributed by atoms with van der Waals surface area (Å²) in [5, 5.41) is 13.9. The quantitative estimate of drug-likeness (QED) is 0.848. The number of aryl methyl sites for hydroxylation is 2. The molecule has 1 saturated carbocycles. The number of aliphatic hydroxyl groups excluding tert-OH is 1. The van der Waals surface area contributed by atoms with Gasteiger partial charge in [0.15, 0.2) is 0 Å². The molecule has 2 heteroatoms. The molecular weight excluding hydrogens is 234 g/mol. The number of aliphatic hydroxyl groups is 1. The Bertz CT molecular complexity index is 396. The molecule has 0 aliphatic heterocycles. The van der Waals surface area contributed by atoms with Crippen LogP contribution in [0.5, 0.6) is 0 Å². The standard InChI is InChI=1S/C17H27NO/c1-13-8-9-16(14(2)12-13)17(19)10-11-18-15-6-4-3-5-7-15/h8-9,12,15,17-19H,3-7,10-11H2,1-2H3. The van der Waals surface area contributed by atoms with Crippen molar-refractivity contribution in [3.8, 4) is 0 Å². The summed E-state index contributed by atoms with van der Waals surface area (Å²) in [5.74, 6) is 0. The molecule has 1 atom stereocenters. The van der Waals surface area contributed by atoms with Crippen LogP contribution in [0.15, 0.2) is 18.2 Å². The third-order valence-corrected chi connectivity index (χ3v) is 4.24. The molecule has 1 aliphatic carbocycles. The fraction of sp³-hybridized carbons (Fsp3) is 0.647. The molecule has 1 aromatic rings. The Morgan fingerprint density at radius 3 is 2.63 bits per heavy atom. The Labute approximate surface area is 117 Å². The van der Waals surface area contributed by atoms with E-state index in [4.69, 9.17) is 0 Å². The van der Waals surface area contributed by atoms with Gasteiger partial charge in [0.25, 0.3) is 0 Å². The van der Waals surface area contributed by atoms with Crippen molar-refractivity contribution in [3.63, 3.8) is 0 Å². The average Bonchev–Trinajstić information content (AvgIpc) is 2.39. The van der Waals surface area contributed by atoms with Crippen molar-refractivity contribution in [1.82, 2.24) is 5.32 Å². The number of hydrogen-bond acceptors (Lipinski definition) is 2. The molecule has 1 unspecified atom stereocenters. The van der Waals surface area contributed by atoms with E-state index in [0.29, 0.717) is 6.04 Å².